The number of aliphatic imine (C=N–C) groups is 1. The van der Waals surface area contributed by atoms with Crippen molar-refractivity contribution in [2.24, 2.45) is 4.99 Å². The molecule has 1 aromatic carbocycles. The first-order valence-corrected chi connectivity index (χ1v) is 9.99. The van der Waals surface area contributed by atoms with Crippen LogP contribution in [0.2, 0.25) is 0 Å². The van der Waals surface area contributed by atoms with Gasteiger partial charge in [-0.15, -0.1) is 0 Å². The Labute approximate surface area is 172 Å². The molecule has 1 saturated heterocycles. The van der Waals surface area contributed by atoms with Crippen LogP contribution in [-0.2, 0) is 19.1 Å². The standard InChI is InChI=1S/C20H22N2O6S/c1-6-27-19(25)16-10(2)21-20-22(18(24)11(3)29-20)17(16)13-7-8-14(28-12(4)23)15(9-13)26-5/h7-9,11,17H,6H2,1-5H3/t11-,17+/m0/s1. The Morgan fingerprint density at radius 2 is 2.00 bits per heavy atom. The van der Waals surface area contributed by atoms with Crippen LogP contribution in [0.25, 0.3) is 0 Å². The van der Waals surface area contributed by atoms with Gasteiger partial charge in [0.05, 0.1) is 36.3 Å². The van der Waals surface area contributed by atoms with Crippen LogP contribution in [0.3, 0.4) is 0 Å². The molecule has 3 rings (SSSR count). The first-order chi connectivity index (χ1) is 13.8. The van der Waals surface area contributed by atoms with E-state index in [-0.39, 0.29) is 23.5 Å². The van der Waals surface area contributed by atoms with Crippen molar-refractivity contribution in [3.63, 3.8) is 0 Å². The van der Waals surface area contributed by atoms with Gasteiger partial charge >= 0.3 is 11.9 Å². The van der Waals surface area contributed by atoms with Crippen molar-refractivity contribution in [1.29, 1.82) is 0 Å². The van der Waals surface area contributed by atoms with Gasteiger partial charge in [-0.25, -0.2) is 9.79 Å². The van der Waals surface area contributed by atoms with Crippen LogP contribution >= 0.6 is 11.8 Å². The predicted octanol–water partition coefficient (Wildman–Crippen LogP) is 2.83. The van der Waals surface area contributed by atoms with Gasteiger partial charge in [0.2, 0.25) is 5.91 Å². The van der Waals surface area contributed by atoms with E-state index in [0.717, 1.165) is 0 Å². The third kappa shape index (κ3) is 3.87. The summed E-state index contributed by atoms with van der Waals surface area (Å²) in [6.45, 7) is 6.74. The summed E-state index contributed by atoms with van der Waals surface area (Å²) in [6.07, 6.45) is 0. The number of methoxy groups -OCH3 is 1. The minimum atomic E-state index is -0.716. The molecule has 0 N–H and O–H groups in total. The lowest BCUT2D eigenvalue weighted by atomic mass is 9.94. The van der Waals surface area contributed by atoms with E-state index >= 15 is 0 Å². The summed E-state index contributed by atoms with van der Waals surface area (Å²) >= 11 is 1.35. The number of hydrogen-bond donors (Lipinski definition) is 0. The molecule has 2 aliphatic heterocycles. The molecule has 0 spiro atoms. The maximum atomic E-state index is 12.9. The van der Waals surface area contributed by atoms with Gasteiger partial charge in [0.25, 0.3) is 0 Å². The smallest absolute Gasteiger partial charge is 0.338 e. The van der Waals surface area contributed by atoms with E-state index in [0.29, 0.717) is 27.8 Å². The summed E-state index contributed by atoms with van der Waals surface area (Å²) < 4.78 is 15.8. The lowest BCUT2D eigenvalue weighted by Gasteiger charge is -2.33. The molecule has 154 valence electrons. The number of thioether (sulfide) groups is 1. The van der Waals surface area contributed by atoms with Crippen molar-refractivity contribution in [3.8, 4) is 11.5 Å². The number of ether oxygens (including phenoxy) is 3. The number of nitrogens with zero attached hydrogens (tertiary/aromatic N) is 2. The van der Waals surface area contributed by atoms with Gasteiger partial charge < -0.3 is 14.2 Å². The van der Waals surface area contributed by atoms with Gasteiger partial charge in [0, 0.05) is 6.92 Å². The van der Waals surface area contributed by atoms with E-state index in [4.69, 9.17) is 14.2 Å². The van der Waals surface area contributed by atoms with E-state index in [1.807, 2.05) is 0 Å². The highest BCUT2D eigenvalue weighted by Crippen LogP contribution is 2.44. The highest BCUT2D eigenvalue weighted by atomic mass is 32.2. The second-order valence-electron chi connectivity index (χ2n) is 6.49. The Bertz CT molecular complexity index is 939. The maximum Gasteiger partial charge on any atom is 0.338 e. The SMILES string of the molecule is CCOC(=O)C1=C(C)N=C2S[C@@H](C)C(=O)N2[C@@H]1c1ccc(OC(C)=O)c(OC)c1. The highest BCUT2D eigenvalue weighted by Gasteiger charge is 2.46. The summed E-state index contributed by atoms with van der Waals surface area (Å²) in [5, 5.41) is 0.230. The minimum absolute atomic E-state index is 0.143. The van der Waals surface area contributed by atoms with Crippen LogP contribution in [0, 0.1) is 0 Å². The fraction of sp³-hybridized carbons (Fsp3) is 0.400. The quantitative estimate of drug-likeness (QED) is 0.536. The summed E-state index contributed by atoms with van der Waals surface area (Å²) in [5.74, 6) is -0.586. The van der Waals surface area contributed by atoms with Gasteiger partial charge in [-0.1, -0.05) is 17.8 Å². The molecule has 1 aromatic rings. The highest BCUT2D eigenvalue weighted by molar-refractivity contribution is 8.15. The van der Waals surface area contributed by atoms with E-state index < -0.39 is 18.0 Å². The van der Waals surface area contributed by atoms with Crippen molar-refractivity contribution in [3.05, 3.63) is 35.0 Å². The summed E-state index contributed by atoms with van der Waals surface area (Å²) in [6, 6.07) is 4.21. The number of carbonyl (C=O) groups is 3. The van der Waals surface area contributed by atoms with Gasteiger partial charge in [-0.3, -0.25) is 14.5 Å². The number of amides is 1. The maximum absolute atomic E-state index is 12.9. The molecular weight excluding hydrogens is 396 g/mol. The average molecular weight is 418 g/mol. The average Bonchev–Trinajstić information content (AvgIpc) is 2.94. The van der Waals surface area contributed by atoms with Crippen molar-refractivity contribution in [2.75, 3.05) is 13.7 Å². The lowest BCUT2D eigenvalue weighted by Crippen LogP contribution is -2.40. The third-order valence-electron chi connectivity index (χ3n) is 4.51. The largest absolute Gasteiger partial charge is 0.493 e. The Balaban J connectivity index is 2.14. The first kappa shape index (κ1) is 20.9. The molecule has 2 atom stereocenters. The molecule has 0 aliphatic carbocycles. The predicted molar refractivity (Wildman–Crippen MR) is 108 cm³/mol. The summed E-state index contributed by atoms with van der Waals surface area (Å²) in [7, 11) is 1.45. The van der Waals surface area contributed by atoms with Crippen LogP contribution in [0.5, 0.6) is 11.5 Å². The zero-order chi connectivity index (χ0) is 21.3. The Morgan fingerprint density at radius 1 is 1.28 bits per heavy atom. The molecule has 1 amide bonds. The fourth-order valence-corrected chi connectivity index (χ4v) is 4.31. The molecule has 1 fully saturated rings. The van der Waals surface area contributed by atoms with Gasteiger partial charge in [-0.2, -0.15) is 0 Å². The Hall–Kier alpha value is -2.81. The minimum Gasteiger partial charge on any atom is -0.493 e. The number of allylic oxidation sites excluding steroid dienone is 1. The summed E-state index contributed by atoms with van der Waals surface area (Å²) in [4.78, 5) is 42.9. The molecule has 2 aliphatic rings. The Kier molecular flexibility index (Phi) is 5.97. The number of rotatable bonds is 5. The number of hydrogen-bond acceptors (Lipinski definition) is 8. The van der Waals surface area contributed by atoms with Crippen LogP contribution in [0.4, 0.5) is 0 Å². The second kappa shape index (κ2) is 8.28. The molecule has 0 unspecified atom stereocenters. The monoisotopic (exact) mass is 418 g/mol. The van der Waals surface area contributed by atoms with E-state index in [2.05, 4.69) is 4.99 Å². The first-order valence-electron chi connectivity index (χ1n) is 9.11. The number of esters is 2. The van der Waals surface area contributed by atoms with Crippen molar-refractivity contribution in [1.82, 2.24) is 4.90 Å². The number of fused-ring (bicyclic) bond motifs is 1. The molecule has 2 heterocycles. The summed E-state index contributed by atoms with van der Waals surface area (Å²) in [5.41, 5.74) is 1.41. The topological polar surface area (TPSA) is 94.5 Å². The molecule has 0 bridgehead atoms. The van der Waals surface area contributed by atoms with Crippen molar-refractivity contribution < 1.29 is 28.6 Å². The van der Waals surface area contributed by atoms with E-state index in [1.165, 1.54) is 30.7 Å². The number of carbonyl (C=O) groups excluding carboxylic acids is 3. The van der Waals surface area contributed by atoms with Crippen molar-refractivity contribution >= 4 is 34.8 Å². The zero-order valence-electron chi connectivity index (χ0n) is 16.8. The Morgan fingerprint density at radius 3 is 2.62 bits per heavy atom. The fourth-order valence-electron chi connectivity index (χ4n) is 3.28. The van der Waals surface area contributed by atoms with Crippen LogP contribution < -0.4 is 9.47 Å². The van der Waals surface area contributed by atoms with Crippen LogP contribution in [0.1, 0.15) is 39.3 Å². The lowest BCUT2D eigenvalue weighted by molar-refractivity contribution is -0.139. The third-order valence-corrected chi connectivity index (χ3v) is 5.56. The van der Waals surface area contributed by atoms with Crippen molar-refractivity contribution in [2.45, 2.75) is 39.0 Å². The van der Waals surface area contributed by atoms with Gasteiger partial charge in [0.1, 0.15) is 0 Å². The van der Waals surface area contributed by atoms with Gasteiger partial charge in [0.15, 0.2) is 16.7 Å². The number of benzene rings is 1. The normalized spacial score (nSPS) is 20.9. The molecule has 9 heteroatoms. The second-order valence-corrected chi connectivity index (χ2v) is 7.80. The molecular formula is C20H22N2O6S. The van der Waals surface area contributed by atoms with Crippen LogP contribution in [-0.4, -0.2) is 46.9 Å². The van der Waals surface area contributed by atoms with Gasteiger partial charge in [-0.05, 0) is 38.5 Å². The molecule has 0 saturated carbocycles. The molecule has 0 aromatic heterocycles. The number of amidine groups is 1. The molecule has 29 heavy (non-hydrogen) atoms. The van der Waals surface area contributed by atoms with Crippen LogP contribution in [0.15, 0.2) is 34.5 Å². The molecule has 0 radical (unpaired) electrons. The zero-order valence-corrected chi connectivity index (χ0v) is 17.7. The van der Waals surface area contributed by atoms with E-state index in [1.54, 1.807) is 39.0 Å². The van der Waals surface area contributed by atoms with E-state index in [9.17, 15) is 14.4 Å². The molecule has 8 nitrogen and oxygen atoms in total.